The first kappa shape index (κ1) is 21.1. The highest BCUT2D eigenvalue weighted by Crippen LogP contribution is 2.27. The highest BCUT2D eigenvalue weighted by atomic mass is 127. The predicted octanol–water partition coefficient (Wildman–Crippen LogP) is 3.75. The van der Waals surface area contributed by atoms with E-state index in [1.165, 1.54) is 5.56 Å². The summed E-state index contributed by atoms with van der Waals surface area (Å²) < 4.78 is 10.6. The van der Waals surface area contributed by atoms with Crippen molar-refractivity contribution in [3.05, 3.63) is 59.7 Å². The number of hydrogen-bond acceptors (Lipinski definition) is 3. The van der Waals surface area contributed by atoms with Crippen LogP contribution in [0.25, 0.3) is 0 Å². The quantitative estimate of drug-likeness (QED) is 0.396. The number of ether oxygens (including phenoxy) is 2. The number of aliphatic imine (C=N–C) groups is 1. The summed E-state index contributed by atoms with van der Waals surface area (Å²) >= 11 is 0. The first-order valence-corrected chi connectivity index (χ1v) is 7.91. The van der Waals surface area contributed by atoms with Gasteiger partial charge in [0.25, 0.3) is 0 Å². The van der Waals surface area contributed by atoms with Gasteiger partial charge in [-0.05, 0) is 30.2 Å². The Bertz CT molecular complexity index is 678. The second kappa shape index (κ2) is 10.8. The highest BCUT2D eigenvalue weighted by Gasteiger charge is 2.08. The third-order valence-electron chi connectivity index (χ3n) is 3.78. The van der Waals surface area contributed by atoms with Crippen LogP contribution in [0.1, 0.15) is 24.1 Å². The molecule has 2 aromatic carbocycles. The lowest BCUT2D eigenvalue weighted by atomic mass is 10.1. The minimum atomic E-state index is 0. The van der Waals surface area contributed by atoms with Crippen molar-refractivity contribution in [2.45, 2.75) is 19.5 Å². The van der Waals surface area contributed by atoms with Crippen LogP contribution < -0.4 is 20.1 Å². The van der Waals surface area contributed by atoms with E-state index in [1.54, 1.807) is 21.3 Å². The fourth-order valence-corrected chi connectivity index (χ4v) is 2.40. The first-order chi connectivity index (χ1) is 11.7. The molecule has 0 aliphatic heterocycles. The van der Waals surface area contributed by atoms with Crippen LogP contribution in [0.5, 0.6) is 11.5 Å². The summed E-state index contributed by atoms with van der Waals surface area (Å²) in [5.74, 6) is 2.19. The predicted molar refractivity (Wildman–Crippen MR) is 113 cm³/mol. The number of nitrogens with zero attached hydrogens (tertiary/aromatic N) is 1. The third-order valence-corrected chi connectivity index (χ3v) is 3.78. The Hall–Kier alpha value is -1.96. The average molecular weight is 455 g/mol. The molecule has 2 aromatic rings. The van der Waals surface area contributed by atoms with E-state index in [4.69, 9.17) is 9.47 Å². The molecule has 0 aliphatic rings. The maximum atomic E-state index is 5.33. The molecule has 0 heterocycles. The minimum Gasteiger partial charge on any atom is -0.493 e. The lowest BCUT2D eigenvalue weighted by Crippen LogP contribution is -2.38. The van der Waals surface area contributed by atoms with E-state index < -0.39 is 0 Å². The zero-order chi connectivity index (χ0) is 17.4. The Morgan fingerprint density at radius 3 is 2.32 bits per heavy atom. The van der Waals surface area contributed by atoms with E-state index in [2.05, 4.69) is 34.7 Å². The topological polar surface area (TPSA) is 54.9 Å². The van der Waals surface area contributed by atoms with Crippen molar-refractivity contribution in [3.63, 3.8) is 0 Å². The van der Waals surface area contributed by atoms with Gasteiger partial charge in [0.2, 0.25) is 0 Å². The van der Waals surface area contributed by atoms with Gasteiger partial charge in [-0.2, -0.15) is 0 Å². The average Bonchev–Trinajstić information content (AvgIpc) is 2.65. The van der Waals surface area contributed by atoms with Crippen LogP contribution in [0.3, 0.4) is 0 Å². The monoisotopic (exact) mass is 455 g/mol. The number of nitrogens with one attached hydrogen (secondary N) is 2. The second-order valence-corrected chi connectivity index (χ2v) is 5.39. The molecule has 1 unspecified atom stereocenters. The molecule has 136 valence electrons. The fraction of sp³-hybridized carbons (Fsp3) is 0.316. The van der Waals surface area contributed by atoms with Crippen LogP contribution in [-0.2, 0) is 6.54 Å². The Kier molecular flexibility index (Phi) is 9.12. The molecule has 0 radical (unpaired) electrons. The summed E-state index contributed by atoms with van der Waals surface area (Å²) in [5.41, 5.74) is 2.30. The maximum Gasteiger partial charge on any atom is 0.191 e. The van der Waals surface area contributed by atoms with E-state index in [0.29, 0.717) is 6.54 Å². The third kappa shape index (κ3) is 6.12. The van der Waals surface area contributed by atoms with Gasteiger partial charge in [0.1, 0.15) is 0 Å². The molecule has 0 bridgehead atoms. The molecule has 5 nitrogen and oxygen atoms in total. The van der Waals surface area contributed by atoms with E-state index in [0.717, 1.165) is 23.0 Å². The number of methoxy groups -OCH3 is 2. The lowest BCUT2D eigenvalue weighted by molar-refractivity contribution is 0.354. The molecular weight excluding hydrogens is 429 g/mol. The molecule has 2 rings (SSSR count). The molecule has 0 aromatic heterocycles. The van der Waals surface area contributed by atoms with E-state index in [1.807, 2.05) is 36.4 Å². The number of benzene rings is 2. The summed E-state index contributed by atoms with van der Waals surface area (Å²) in [6.07, 6.45) is 0. The summed E-state index contributed by atoms with van der Waals surface area (Å²) in [6, 6.07) is 16.3. The van der Waals surface area contributed by atoms with Gasteiger partial charge in [0.05, 0.1) is 20.3 Å². The highest BCUT2D eigenvalue weighted by molar-refractivity contribution is 14.0. The van der Waals surface area contributed by atoms with Crippen molar-refractivity contribution in [1.82, 2.24) is 10.6 Å². The van der Waals surface area contributed by atoms with Gasteiger partial charge in [-0.1, -0.05) is 36.4 Å². The van der Waals surface area contributed by atoms with Gasteiger partial charge in [0.15, 0.2) is 17.5 Å². The SMILES string of the molecule is CN=C(NCc1ccc(OC)c(OC)c1)NC(C)c1ccccc1.I. The van der Waals surface area contributed by atoms with E-state index in [9.17, 15) is 0 Å². The summed E-state index contributed by atoms with van der Waals surface area (Å²) in [7, 11) is 5.03. The molecule has 0 spiro atoms. The number of guanidine groups is 1. The van der Waals surface area contributed by atoms with Crippen LogP contribution in [0.4, 0.5) is 0 Å². The smallest absolute Gasteiger partial charge is 0.191 e. The van der Waals surface area contributed by atoms with Gasteiger partial charge < -0.3 is 20.1 Å². The van der Waals surface area contributed by atoms with Crippen molar-refractivity contribution in [2.24, 2.45) is 4.99 Å². The van der Waals surface area contributed by atoms with Crippen LogP contribution in [0.2, 0.25) is 0 Å². The summed E-state index contributed by atoms with van der Waals surface area (Å²) in [4.78, 5) is 4.28. The van der Waals surface area contributed by atoms with Crippen molar-refractivity contribution in [1.29, 1.82) is 0 Å². The van der Waals surface area contributed by atoms with Crippen molar-refractivity contribution in [2.75, 3.05) is 21.3 Å². The van der Waals surface area contributed by atoms with Crippen LogP contribution in [0.15, 0.2) is 53.5 Å². The number of rotatable bonds is 6. The number of hydrogen-bond donors (Lipinski definition) is 2. The zero-order valence-corrected chi connectivity index (χ0v) is 17.4. The van der Waals surface area contributed by atoms with Crippen molar-refractivity contribution >= 4 is 29.9 Å². The summed E-state index contributed by atoms with van der Waals surface area (Å²) in [6.45, 7) is 2.75. The Morgan fingerprint density at radius 1 is 1.04 bits per heavy atom. The first-order valence-electron chi connectivity index (χ1n) is 7.91. The van der Waals surface area contributed by atoms with Gasteiger partial charge in [-0.25, -0.2) is 0 Å². The van der Waals surface area contributed by atoms with Crippen LogP contribution in [0, 0.1) is 0 Å². The molecule has 1 atom stereocenters. The Labute approximate surface area is 166 Å². The molecule has 0 aliphatic carbocycles. The van der Waals surface area contributed by atoms with E-state index >= 15 is 0 Å². The maximum absolute atomic E-state index is 5.33. The molecule has 0 saturated carbocycles. The number of halogens is 1. The standard InChI is InChI=1S/C19H25N3O2.HI/c1-14(16-8-6-5-7-9-16)22-19(20-2)21-13-15-10-11-17(23-3)18(12-15)24-4;/h5-12,14H,13H2,1-4H3,(H2,20,21,22);1H. The van der Waals surface area contributed by atoms with Crippen LogP contribution >= 0.6 is 24.0 Å². The normalized spacial score (nSPS) is 11.9. The summed E-state index contributed by atoms with van der Waals surface area (Å²) in [5, 5.41) is 6.70. The van der Waals surface area contributed by atoms with Gasteiger partial charge >= 0.3 is 0 Å². The fourth-order valence-electron chi connectivity index (χ4n) is 2.40. The Morgan fingerprint density at radius 2 is 1.72 bits per heavy atom. The molecular formula is C19H26IN3O2. The zero-order valence-electron chi connectivity index (χ0n) is 15.1. The minimum absolute atomic E-state index is 0. The van der Waals surface area contributed by atoms with Crippen molar-refractivity contribution in [3.8, 4) is 11.5 Å². The van der Waals surface area contributed by atoms with Crippen LogP contribution in [-0.4, -0.2) is 27.2 Å². The van der Waals surface area contributed by atoms with Crippen molar-refractivity contribution < 1.29 is 9.47 Å². The van der Waals surface area contributed by atoms with Gasteiger partial charge in [-0.3, -0.25) is 4.99 Å². The van der Waals surface area contributed by atoms with Gasteiger partial charge in [-0.15, -0.1) is 24.0 Å². The van der Waals surface area contributed by atoms with E-state index in [-0.39, 0.29) is 30.0 Å². The molecule has 0 fully saturated rings. The molecule has 0 amide bonds. The Balaban J connectivity index is 0.00000312. The molecule has 2 N–H and O–H groups in total. The largest absolute Gasteiger partial charge is 0.493 e. The second-order valence-electron chi connectivity index (χ2n) is 5.39. The molecule has 25 heavy (non-hydrogen) atoms. The molecule has 0 saturated heterocycles. The lowest BCUT2D eigenvalue weighted by Gasteiger charge is -2.18. The molecule has 6 heteroatoms. The van der Waals surface area contributed by atoms with Gasteiger partial charge in [0, 0.05) is 13.6 Å².